The van der Waals surface area contributed by atoms with Gasteiger partial charge in [0.25, 0.3) is 0 Å². The molecule has 3 nitrogen and oxygen atoms in total. The molecule has 27 heavy (non-hydrogen) atoms. The fourth-order valence-electron chi connectivity index (χ4n) is 3.97. The Labute approximate surface area is 163 Å². The fraction of sp³-hybridized carbons (Fsp3) is 0.348. The summed E-state index contributed by atoms with van der Waals surface area (Å²) in [7, 11) is -0.436. The highest BCUT2D eigenvalue weighted by Crippen LogP contribution is 2.52. The van der Waals surface area contributed by atoms with Crippen LogP contribution in [0.5, 0.6) is 5.75 Å². The third-order valence-electron chi connectivity index (χ3n) is 5.56. The molecule has 1 aliphatic carbocycles. The van der Waals surface area contributed by atoms with E-state index < -0.39 is 10.9 Å². The third-order valence-corrected chi connectivity index (χ3v) is 7.79. The molecule has 0 amide bonds. The molecule has 0 bridgehead atoms. The van der Waals surface area contributed by atoms with Gasteiger partial charge < -0.3 is 9.47 Å². The molecule has 1 aliphatic heterocycles. The van der Waals surface area contributed by atoms with Crippen molar-refractivity contribution in [2.75, 3.05) is 6.61 Å². The normalized spacial score (nSPS) is 21.0. The minimum atomic E-state index is -0.436. The van der Waals surface area contributed by atoms with Gasteiger partial charge in [0.1, 0.15) is 11.4 Å². The number of esters is 1. The Morgan fingerprint density at radius 3 is 2.56 bits per heavy atom. The van der Waals surface area contributed by atoms with Gasteiger partial charge in [-0.25, -0.2) is 4.79 Å². The van der Waals surface area contributed by atoms with Crippen molar-refractivity contribution in [1.82, 2.24) is 0 Å². The van der Waals surface area contributed by atoms with Crippen LogP contribution in [0.1, 0.15) is 44.6 Å². The number of carbonyl (C=O) groups excluding carboxylic acids is 1. The first-order chi connectivity index (χ1) is 13.2. The first kappa shape index (κ1) is 18.2. The first-order valence-electron chi connectivity index (χ1n) is 9.70. The second-order valence-electron chi connectivity index (χ2n) is 7.24. The molecule has 1 unspecified atom stereocenters. The molecule has 142 valence electrons. The SMILES string of the molecule is CCC1(OC(=O)COc2ccc([SH]3C=Cc4ccccc43)cc2)CCCC1. The van der Waals surface area contributed by atoms with Crippen LogP contribution in [0.15, 0.2) is 63.7 Å². The summed E-state index contributed by atoms with van der Waals surface area (Å²) in [5.74, 6) is 0.444. The largest absolute Gasteiger partial charge is 0.482 e. The van der Waals surface area contributed by atoms with Crippen molar-refractivity contribution in [3.05, 3.63) is 59.5 Å². The van der Waals surface area contributed by atoms with Gasteiger partial charge in [-0.2, -0.15) is 10.9 Å². The van der Waals surface area contributed by atoms with E-state index in [4.69, 9.17) is 9.47 Å². The van der Waals surface area contributed by atoms with Gasteiger partial charge in [0.15, 0.2) is 6.61 Å². The zero-order valence-corrected chi connectivity index (χ0v) is 16.6. The molecule has 4 heteroatoms. The Kier molecular flexibility index (Phi) is 5.26. The monoisotopic (exact) mass is 382 g/mol. The third kappa shape index (κ3) is 3.91. The number of fused-ring (bicyclic) bond motifs is 1. The minimum absolute atomic E-state index is 0.0292. The zero-order valence-electron chi connectivity index (χ0n) is 15.7. The van der Waals surface area contributed by atoms with Crippen molar-refractivity contribution in [1.29, 1.82) is 0 Å². The van der Waals surface area contributed by atoms with Crippen molar-refractivity contribution in [3.8, 4) is 5.75 Å². The predicted molar refractivity (Wildman–Crippen MR) is 111 cm³/mol. The van der Waals surface area contributed by atoms with Crippen molar-refractivity contribution in [2.45, 2.75) is 54.4 Å². The first-order valence-corrected chi connectivity index (χ1v) is 11.1. The predicted octanol–water partition coefficient (Wildman–Crippen LogP) is 5.73. The fourth-order valence-corrected chi connectivity index (χ4v) is 6.04. The van der Waals surface area contributed by atoms with E-state index in [0.29, 0.717) is 5.75 Å². The molecule has 0 aromatic heterocycles. The standard InChI is InChI=1S/C23H26O3S/c1-2-23(14-5-6-15-23)26-22(24)17-25-19-9-11-20(12-10-19)27-16-13-18-7-3-4-8-21(18)27/h3-4,7-13,16,27H,2,5-6,14-15,17H2,1H3. The second-order valence-corrected chi connectivity index (χ2v) is 9.28. The molecule has 1 saturated carbocycles. The molecule has 2 aromatic rings. The van der Waals surface area contributed by atoms with E-state index in [1.54, 1.807) is 0 Å². The molecule has 0 radical (unpaired) electrons. The van der Waals surface area contributed by atoms with Crippen LogP contribution in [0.2, 0.25) is 0 Å². The second kappa shape index (κ2) is 7.81. The summed E-state index contributed by atoms with van der Waals surface area (Å²) in [5, 5.41) is 2.29. The van der Waals surface area contributed by atoms with E-state index >= 15 is 0 Å². The Balaban J connectivity index is 1.35. The van der Waals surface area contributed by atoms with E-state index in [1.165, 1.54) is 15.4 Å². The van der Waals surface area contributed by atoms with Crippen LogP contribution in [0, 0.1) is 0 Å². The van der Waals surface area contributed by atoms with Crippen LogP contribution in [-0.2, 0) is 9.53 Å². The number of benzene rings is 2. The van der Waals surface area contributed by atoms with Crippen LogP contribution < -0.4 is 4.74 Å². The Morgan fingerprint density at radius 1 is 1.07 bits per heavy atom. The average Bonchev–Trinajstić information content (AvgIpc) is 3.34. The Morgan fingerprint density at radius 2 is 1.81 bits per heavy atom. The summed E-state index contributed by atoms with van der Waals surface area (Å²) >= 11 is 0. The van der Waals surface area contributed by atoms with E-state index in [2.05, 4.69) is 54.8 Å². The number of hydrogen-bond acceptors (Lipinski definition) is 3. The molecule has 1 heterocycles. The van der Waals surface area contributed by atoms with Gasteiger partial charge in [0.2, 0.25) is 0 Å². The summed E-state index contributed by atoms with van der Waals surface area (Å²) in [4.78, 5) is 14.9. The van der Waals surface area contributed by atoms with Gasteiger partial charge in [-0.1, -0.05) is 25.1 Å². The zero-order chi connectivity index (χ0) is 18.7. The molecule has 0 saturated heterocycles. The van der Waals surface area contributed by atoms with E-state index in [-0.39, 0.29) is 18.2 Å². The van der Waals surface area contributed by atoms with E-state index in [1.807, 2.05) is 12.1 Å². The number of rotatable bonds is 6. The van der Waals surface area contributed by atoms with Gasteiger partial charge >= 0.3 is 5.97 Å². The molecular weight excluding hydrogens is 356 g/mol. The highest BCUT2D eigenvalue weighted by Gasteiger charge is 2.35. The quantitative estimate of drug-likeness (QED) is 0.511. The minimum Gasteiger partial charge on any atom is -0.482 e. The van der Waals surface area contributed by atoms with Crippen molar-refractivity contribution < 1.29 is 14.3 Å². The summed E-state index contributed by atoms with van der Waals surface area (Å²) in [6, 6.07) is 16.6. The lowest BCUT2D eigenvalue weighted by atomic mass is 9.99. The number of carbonyl (C=O) groups is 1. The molecular formula is C23H26O3S. The van der Waals surface area contributed by atoms with Gasteiger partial charge in [-0.05, 0) is 84.4 Å². The maximum absolute atomic E-state index is 12.2. The van der Waals surface area contributed by atoms with Crippen molar-refractivity contribution in [3.63, 3.8) is 0 Å². The van der Waals surface area contributed by atoms with E-state index in [0.717, 1.165) is 32.1 Å². The smallest absolute Gasteiger partial charge is 0.344 e. The lowest BCUT2D eigenvalue weighted by Crippen LogP contribution is -2.33. The molecule has 1 fully saturated rings. The van der Waals surface area contributed by atoms with Gasteiger partial charge in [-0.15, -0.1) is 0 Å². The number of hydrogen-bond donors (Lipinski definition) is 1. The van der Waals surface area contributed by atoms with Gasteiger partial charge in [-0.3, -0.25) is 0 Å². The summed E-state index contributed by atoms with van der Waals surface area (Å²) in [6.45, 7) is 2.06. The molecule has 1 atom stereocenters. The van der Waals surface area contributed by atoms with Crippen LogP contribution in [-0.4, -0.2) is 18.2 Å². The highest BCUT2D eigenvalue weighted by atomic mass is 32.2. The lowest BCUT2D eigenvalue weighted by Gasteiger charge is -2.27. The van der Waals surface area contributed by atoms with Gasteiger partial charge in [0.05, 0.1) is 0 Å². The maximum Gasteiger partial charge on any atom is 0.344 e. The topological polar surface area (TPSA) is 35.5 Å². The summed E-state index contributed by atoms with van der Waals surface area (Å²) in [6.07, 6.45) is 7.32. The molecule has 0 spiro atoms. The van der Waals surface area contributed by atoms with Crippen LogP contribution in [0.3, 0.4) is 0 Å². The summed E-state index contributed by atoms with van der Waals surface area (Å²) in [5.41, 5.74) is 1.05. The summed E-state index contributed by atoms with van der Waals surface area (Å²) < 4.78 is 11.4. The Hall–Kier alpha value is -2.20. The van der Waals surface area contributed by atoms with Crippen molar-refractivity contribution >= 4 is 22.9 Å². The number of ether oxygens (including phenoxy) is 2. The van der Waals surface area contributed by atoms with Crippen LogP contribution in [0.4, 0.5) is 0 Å². The van der Waals surface area contributed by atoms with Crippen LogP contribution in [0.25, 0.3) is 6.08 Å². The highest BCUT2D eigenvalue weighted by molar-refractivity contribution is 8.20. The van der Waals surface area contributed by atoms with Crippen LogP contribution >= 0.6 is 10.9 Å². The van der Waals surface area contributed by atoms with Crippen molar-refractivity contribution in [2.24, 2.45) is 0 Å². The number of thiol groups is 1. The molecule has 2 aliphatic rings. The van der Waals surface area contributed by atoms with Gasteiger partial charge in [0, 0.05) is 4.90 Å². The maximum atomic E-state index is 12.2. The molecule has 2 aromatic carbocycles. The average molecular weight is 383 g/mol. The lowest BCUT2D eigenvalue weighted by molar-refractivity contribution is -0.162. The molecule has 4 rings (SSSR count). The Bertz CT molecular complexity index is 835. The van der Waals surface area contributed by atoms with E-state index in [9.17, 15) is 4.79 Å². The molecule has 0 N–H and O–H groups in total.